The van der Waals surface area contributed by atoms with Crippen molar-refractivity contribution in [3.8, 4) is 29.1 Å². The number of aliphatic hydroxyl groups excluding tert-OH is 1. The summed E-state index contributed by atoms with van der Waals surface area (Å²) in [5.74, 6) is 3.77. The predicted molar refractivity (Wildman–Crippen MR) is 155 cm³/mol. The van der Waals surface area contributed by atoms with Crippen LogP contribution in [-0.2, 0) is 32.1 Å². The second kappa shape index (κ2) is 12.2. The number of aliphatic hydroxyl groups is 2. The van der Waals surface area contributed by atoms with Crippen LogP contribution in [0.1, 0.15) is 86.5 Å². The number of fused-ring (bicyclic) bond motifs is 1. The number of rotatable bonds is 4. The number of ketones is 1. The van der Waals surface area contributed by atoms with Crippen LogP contribution in [0.15, 0.2) is 42.0 Å². The van der Waals surface area contributed by atoms with Gasteiger partial charge in [-0.1, -0.05) is 24.0 Å². The van der Waals surface area contributed by atoms with Crippen LogP contribution in [0.3, 0.4) is 0 Å². The van der Waals surface area contributed by atoms with E-state index in [1.54, 1.807) is 32.1 Å². The highest BCUT2D eigenvalue weighted by Crippen LogP contribution is 2.42. The molecule has 1 aliphatic carbocycles. The normalized spacial score (nSPS) is 25.3. The highest BCUT2D eigenvalue weighted by atomic mass is 16.6. The number of cyclic esters (lactones) is 1. The van der Waals surface area contributed by atoms with Crippen molar-refractivity contribution < 1.29 is 44.3 Å². The summed E-state index contributed by atoms with van der Waals surface area (Å²) < 4.78 is 11.5. The van der Waals surface area contributed by atoms with Gasteiger partial charge in [0, 0.05) is 42.4 Å². The summed E-state index contributed by atoms with van der Waals surface area (Å²) >= 11 is 0. The Hall–Kier alpha value is -4.13. The fourth-order valence-corrected chi connectivity index (χ4v) is 6.27. The van der Waals surface area contributed by atoms with Crippen molar-refractivity contribution in [1.82, 2.24) is 0 Å². The molecule has 0 unspecified atom stereocenters. The summed E-state index contributed by atoms with van der Waals surface area (Å²) in [7, 11) is 0. The first kappa shape index (κ1) is 30.3. The minimum atomic E-state index is -1.53. The molecule has 5 rings (SSSR count). The molecule has 2 aromatic rings. The molecule has 4 N–H and O–H groups in total. The van der Waals surface area contributed by atoms with Gasteiger partial charge in [-0.3, -0.25) is 9.59 Å². The third kappa shape index (κ3) is 6.46. The van der Waals surface area contributed by atoms with Crippen LogP contribution in [0.2, 0.25) is 0 Å². The molecule has 1 fully saturated rings. The third-order valence-electron chi connectivity index (χ3n) is 8.91. The Morgan fingerprint density at radius 3 is 2.40 bits per heavy atom. The number of Topliss-reactive ketones (excluding diaryl/α,β-unsaturated/α-hetero) is 1. The lowest BCUT2D eigenvalue weighted by molar-refractivity contribution is -0.169. The fourth-order valence-electron chi connectivity index (χ4n) is 6.27. The average molecular weight is 589 g/mol. The van der Waals surface area contributed by atoms with Gasteiger partial charge in [0.1, 0.15) is 34.7 Å². The van der Waals surface area contributed by atoms with Crippen molar-refractivity contribution in [3.63, 3.8) is 0 Å². The molecule has 43 heavy (non-hydrogen) atoms. The smallest absolute Gasteiger partial charge is 0.334 e. The van der Waals surface area contributed by atoms with Crippen LogP contribution in [0.4, 0.5) is 0 Å². The summed E-state index contributed by atoms with van der Waals surface area (Å²) in [4.78, 5) is 38.2. The number of hydrogen-bond acceptors (Lipinski definition) is 9. The lowest BCUT2D eigenvalue weighted by Gasteiger charge is -2.40. The number of allylic oxidation sites excluding steroid dienone is 1. The van der Waals surface area contributed by atoms with E-state index in [0.717, 1.165) is 0 Å². The van der Waals surface area contributed by atoms with Crippen LogP contribution in [0.5, 0.6) is 17.2 Å². The maximum Gasteiger partial charge on any atom is 0.334 e. The van der Waals surface area contributed by atoms with Gasteiger partial charge < -0.3 is 29.9 Å². The molecule has 2 aliphatic heterocycles. The first-order chi connectivity index (χ1) is 20.5. The lowest BCUT2D eigenvalue weighted by atomic mass is 9.73. The van der Waals surface area contributed by atoms with E-state index in [9.17, 15) is 34.8 Å². The molecule has 0 radical (unpaired) electrons. The van der Waals surface area contributed by atoms with Gasteiger partial charge >= 0.3 is 11.9 Å². The van der Waals surface area contributed by atoms with Crippen molar-refractivity contribution in [3.05, 3.63) is 64.2 Å². The fraction of sp³-hybridized carbons (Fsp3) is 0.441. The number of ether oxygens (including phenoxy) is 2. The number of esters is 2. The number of carbonyl (C=O) groups is 3. The molecule has 1 saturated carbocycles. The van der Waals surface area contributed by atoms with E-state index < -0.39 is 35.5 Å². The summed E-state index contributed by atoms with van der Waals surface area (Å²) in [6.07, 6.45) is 2.14. The number of hydrogen-bond donors (Lipinski definition) is 4. The van der Waals surface area contributed by atoms with Crippen molar-refractivity contribution in [2.75, 3.05) is 0 Å². The Bertz CT molecular complexity index is 1530. The number of aromatic hydroxyl groups is 2. The van der Waals surface area contributed by atoms with Gasteiger partial charge in [0.25, 0.3) is 0 Å². The molecule has 2 heterocycles. The molecule has 226 valence electrons. The molecule has 4 atom stereocenters. The van der Waals surface area contributed by atoms with Gasteiger partial charge in [-0.15, -0.1) is 0 Å². The van der Waals surface area contributed by atoms with E-state index in [1.807, 2.05) is 0 Å². The second-order valence-corrected chi connectivity index (χ2v) is 11.8. The number of benzene rings is 2. The van der Waals surface area contributed by atoms with Crippen molar-refractivity contribution in [2.24, 2.45) is 5.92 Å². The molecular weight excluding hydrogens is 552 g/mol. The van der Waals surface area contributed by atoms with Gasteiger partial charge in [0.2, 0.25) is 0 Å². The molecule has 0 spiro atoms. The molecule has 2 aromatic carbocycles. The molecule has 9 heteroatoms. The zero-order valence-corrected chi connectivity index (χ0v) is 24.3. The topological polar surface area (TPSA) is 151 Å². The first-order valence-electron chi connectivity index (χ1n) is 14.6. The first-order valence-corrected chi connectivity index (χ1v) is 14.6. The predicted octanol–water partition coefficient (Wildman–Crippen LogP) is 4.08. The number of carbonyl (C=O) groups excluding carboxylic acids is 3. The van der Waals surface area contributed by atoms with Crippen LogP contribution >= 0.6 is 0 Å². The Kier molecular flexibility index (Phi) is 8.63. The molecule has 0 aromatic heterocycles. The standard InChI is InChI=1S/C34H36O9/c1-3-20-12-21(23-10-19(18-35)11-27(37)13-23)4-5-22-16-32(39)42-30-17-29(38)24(14-28(22)30)15-31(43-33(20)40)34(2,41)25-6-8-26(36)9-7-25/h3,10-11,13-14,17,21-22,25,31,35,37-38,41H,6-9,12,15-16,18H2,1-2H3/t21-,22+,31+,34-/m0/s1. The van der Waals surface area contributed by atoms with E-state index >= 15 is 0 Å². The van der Waals surface area contributed by atoms with Gasteiger partial charge in [0.15, 0.2) is 0 Å². The molecule has 9 nitrogen and oxygen atoms in total. The average Bonchev–Trinajstić information content (AvgIpc) is 2.97. The van der Waals surface area contributed by atoms with E-state index in [-0.39, 0.29) is 60.4 Å². The van der Waals surface area contributed by atoms with Crippen LogP contribution in [0, 0.1) is 17.8 Å². The highest BCUT2D eigenvalue weighted by molar-refractivity contribution is 5.89. The summed E-state index contributed by atoms with van der Waals surface area (Å²) in [6, 6.07) is 7.69. The second-order valence-electron chi connectivity index (χ2n) is 11.8. The maximum absolute atomic E-state index is 13.7. The van der Waals surface area contributed by atoms with Gasteiger partial charge in [-0.2, -0.15) is 0 Å². The van der Waals surface area contributed by atoms with Crippen molar-refractivity contribution >= 4 is 17.7 Å². The van der Waals surface area contributed by atoms with Crippen LogP contribution in [0.25, 0.3) is 0 Å². The zero-order chi connectivity index (χ0) is 30.9. The molecule has 0 amide bonds. The Labute approximate surface area is 250 Å². The van der Waals surface area contributed by atoms with Crippen molar-refractivity contribution in [2.45, 2.75) is 88.9 Å². The van der Waals surface area contributed by atoms with E-state index in [0.29, 0.717) is 47.9 Å². The summed E-state index contributed by atoms with van der Waals surface area (Å²) in [6.45, 7) is 2.99. The zero-order valence-electron chi connectivity index (χ0n) is 24.3. The monoisotopic (exact) mass is 588 g/mol. The SMILES string of the molecule is CC=C1C[C@@H](c2cc(O)cc(CO)c2)C#C[C@@H]2CC(=O)Oc3cc(O)c(cc32)C[C@H]([C@@](C)(O)C2CCC(=O)CC2)OC1=O. The quantitative estimate of drug-likeness (QED) is 0.179. The molecule has 2 bridgehead atoms. The Morgan fingerprint density at radius 2 is 1.70 bits per heavy atom. The molecule has 3 aliphatic rings. The minimum absolute atomic E-state index is 0.0246. The largest absolute Gasteiger partial charge is 0.508 e. The highest BCUT2D eigenvalue weighted by Gasteiger charge is 2.44. The van der Waals surface area contributed by atoms with Gasteiger partial charge in [-0.05, 0) is 73.9 Å². The lowest BCUT2D eigenvalue weighted by Crippen LogP contribution is -2.50. The van der Waals surface area contributed by atoms with Crippen LogP contribution < -0.4 is 4.74 Å². The number of phenols is 2. The van der Waals surface area contributed by atoms with E-state index in [2.05, 4.69) is 11.8 Å². The van der Waals surface area contributed by atoms with Gasteiger partial charge in [0.05, 0.1) is 18.9 Å². The third-order valence-corrected chi connectivity index (χ3v) is 8.91. The van der Waals surface area contributed by atoms with Crippen LogP contribution in [-0.4, -0.2) is 49.9 Å². The Balaban J connectivity index is 1.63. The Morgan fingerprint density at radius 1 is 0.977 bits per heavy atom. The summed E-state index contributed by atoms with van der Waals surface area (Å²) in [5, 5.41) is 42.9. The van der Waals surface area contributed by atoms with Crippen molar-refractivity contribution in [1.29, 1.82) is 0 Å². The van der Waals surface area contributed by atoms with Gasteiger partial charge in [-0.25, -0.2) is 4.79 Å². The molecule has 0 saturated heterocycles. The number of phenolic OH excluding ortho intramolecular Hbond substituents is 2. The van der Waals surface area contributed by atoms with E-state index in [1.165, 1.54) is 18.2 Å². The summed E-state index contributed by atoms with van der Waals surface area (Å²) in [5.41, 5.74) is 0.778. The molecular formula is C34H36O9. The maximum atomic E-state index is 13.7. The minimum Gasteiger partial charge on any atom is -0.508 e. The van der Waals surface area contributed by atoms with E-state index in [4.69, 9.17) is 9.47 Å².